The summed E-state index contributed by atoms with van der Waals surface area (Å²) >= 11 is 2.20. The molecule has 5 heteroatoms. The number of nitrogens with zero attached hydrogens (tertiary/aromatic N) is 4. The average Bonchev–Trinajstić information content (AvgIpc) is 2.48. The molecule has 2 fully saturated rings. The predicted octanol–water partition coefficient (Wildman–Crippen LogP) is 2.14. The Hall–Kier alpha value is -0.430. The minimum absolute atomic E-state index is 0.687. The first kappa shape index (κ1) is 12.6. The molecule has 0 saturated carbocycles. The molecule has 2 aliphatic heterocycles. The molecule has 2 bridgehead atoms. The van der Waals surface area contributed by atoms with Crippen LogP contribution >= 0.6 is 22.6 Å². The summed E-state index contributed by atoms with van der Waals surface area (Å²) in [7, 11) is 2.29. The molecule has 2 atom stereocenters. The van der Waals surface area contributed by atoms with Gasteiger partial charge < -0.3 is 4.90 Å². The summed E-state index contributed by atoms with van der Waals surface area (Å²) in [4.78, 5) is 5.00. The summed E-state index contributed by atoms with van der Waals surface area (Å²) in [6, 6.07) is 5.60. The summed E-state index contributed by atoms with van der Waals surface area (Å²) in [6.45, 7) is 2.21. The van der Waals surface area contributed by atoms with E-state index in [4.69, 9.17) is 0 Å². The third-order valence-corrected chi connectivity index (χ3v) is 4.91. The fraction of sp³-hybridized carbons (Fsp3) is 0.692. The minimum atomic E-state index is 0.687. The molecule has 2 aliphatic rings. The molecule has 18 heavy (non-hydrogen) atoms. The van der Waals surface area contributed by atoms with Gasteiger partial charge in [-0.2, -0.15) is 0 Å². The van der Waals surface area contributed by atoms with Gasteiger partial charge in [-0.3, -0.25) is 4.90 Å². The highest BCUT2D eigenvalue weighted by atomic mass is 127. The molecule has 3 heterocycles. The first-order valence-corrected chi connectivity index (χ1v) is 7.78. The fourth-order valence-electron chi connectivity index (χ4n) is 3.20. The van der Waals surface area contributed by atoms with Gasteiger partial charge in [-0.15, -0.1) is 10.2 Å². The monoisotopic (exact) mass is 358 g/mol. The van der Waals surface area contributed by atoms with Crippen LogP contribution in [0, 0.1) is 3.70 Å². The quantitative estimate of drug-likeness (QED) is 0.721. The lowest BCUT2D eigenvalue weighted by Crippen LogP contribution is -2.45. The van der Waals surface area contributed by atoms with Crippen molar-refractivity contribution in [1.82, 2.24) is 15.1 Å². The first-order valence-electron chi connectivity index (χ1n) is 6.70. The highest BCUT2D eigenvalue weighted by molar-refractivity contribution is 14.1. The summed E-state index contributed by atoms with van der Waals surface area (Å²) in [6.07, 6.45) is 5.31. The lowest BCUT2D eigenvalue weighted by molar-refractivity contribution is 0.127. The Morgan fingerprint density at radius 3 is 2.78 bits per heavy atom. The van der Waals surface area contributed by atoms with Crippen molar-refractivity contribution in [3.63, 3.8) is 0 Å². The van der Waals surface area contributed by atoms with Crippen molar-refractivity contribution in [3.8, 4) is 0 Å². The predicted molar refractivity (Wildman–Crippen MR) is 80.8 cm³/mol. The van der Waals surface area contributed by atoms with E-state index in [0.29, 0.717) is 6.04 Å². The van der Waals surface area contributed by atoms with Gasteiger partial charge in [0.15, 0.2) is 5.82 Å². The molecule has 4 nitrogen and oxygen atoms in total. The number of hydrogen-bond acceptors (Lipinski definition) is 4. The van der Waals surface area contributed by atoms with Crippen LogP contribution in [-0.4, -0.2) is 47.3 Å². The third-order valence-electron chi connectivity index (χ3n) is 4.33. The molecule has 1 aromatic rings. The van der Waals surface area contributed by atoms with Crippen molar-refractivity contribution in [3.05, 3.63) is 15.8 Å². The first-order chi connectivity index (χ1) is 8.74. The number of hydrogen-bond donors (Lipinski definition) is 0. The van der Waals surface area contributed by atoms with Gasteiger partial charge in [0.25, 0.3) is 0 Å². The van der Waals surface area contributed by atoms with E-state index in [2.05, 4.69) is 55.7 Å². The molecule has 0 spiro atoms. The van der Waals surface area contributed by atoms with Crippen molar-refractivity contribution in [2.45, 2.75) is 37.8 Å². The van der Waals surface area contributed by atoms with Crippen LogP contribution in [0.2, 0.25) is 0 Å². The molecule has 1 aromatic heterocycles. The molecule has 0 N–H and O–H groups in total. The highest BCUT2D eigenvalue weighted by Gasteiger charge is 2.32. The SMILES string of the molecule is CN1C2CCCC1CN(c1ccc(I)nn1)CC2. The Balaban J connectivity index is 1.79. The zero-order valence-electron chi connectivity index (χ0n) is 10.7. The van der Waals surface area contributed by atoms with Crippen molar-refractivity contribution in [2.75, 3.05) is 25.0 Å². The smallest absolute Gasteiger partial charge is 0.151 e. The lowest BCUT2D eigenvalue weighted by atomic mass is 9.96. The number of piperidine rings is 1. The maximum atomic E-state index is 4.33. The van der Waals surface area contributed by atoms with Crippen LogP contribution in [0.1, 0.15) is 25.7 Å². The van der Waals surface area contributed by atoms with E-state index in [1.807, 2.05) is 6.07 Å². The lowest BCUT2D eigenvalue weighted by Gasteiger charge is -2.37. The fourth-order valence-corrected chi connectivity index (χ4v) is 3.49. The van der Waals surface area contributed by atoms with Crippen LogP contribution in [0.4, 0.5) is 5.82 Å². The molecule has 0 aliphatic carbocycles. The minimum Gasteiger partial charge on any atom is -0.354 e. The molecule has 98 valence electrons. The largest absolute Gasteiger partial charge is 0.354 e. The second kappa shape index (κ2) is 5.28. The van der Waals surface area contributed by atoms with Crippen LogP contribution in [0.3, 0.4) is 0 Å². The van der Waals surface area contributed by atoms with Gasteiger partial charge in [0, 0.05) is 25.2 Å². The zero-order chi connectivity index (χ0) is 12.5. The Labute approximate surface area is 122 Å². The number of fused-ring (bicyclic) bond motifs is 2. The standard InChI is InChI=1S/C13H19IN4/c1-17-10-3-2-4-11(17)9-18(8-7-10)13-6-5-12(14)15-16-13/h5-6,10-11H,2-4,7-9H2,1H3. The highest BCUT2D eigenvalue weighted by Crippen LogP contribution is 2.28. The molecule has 2 saturated heterocycles. The molecule has 0 radical (unpaired) electrons. The van der Waals surface area contributed by atoms with E-state index < -0.39 is 0 Å². The Morgan fingerprint density at radius 1 is 1.17 bits per heavy atom. The van der Waals surface area contributed by atoms with Crippen molar-refractivity contribution in [2.24, 2.45) is 0 Å². The molecular formula is C13H19IN4. The van der Waals surface area contributed by atoms with Crippen LogP contribution in [0.5, 0.6) is 0 Å². The van der Waals surface area contributed by atoms with Gasteiger partial charge in [0.05, 0.1) is 0 Å². The van der Waals surface area contributed by atoms with Gasteiger partial charge in [0.2, 0.25) is 0 Å². The summed E-state index contributed by atoms with van der Waals surface area (Å²) < 4.78 is 0.960. The maximum absolute atomic E-state index is 4.33. The van der Waals surface area contributed by atoms with Crippen LogP contribution < -0.4 is 4.90 Å². The van der Waals surface area contributed by atoms with Gasteiger partial charge in [-0.25, -0.2) is 0 Å². The number of rotatable bonds is 1. The number of halogens is 1. The molecular weight excluding hydrogens is 339 g/mol. The second-order valence-electron chi connectivity index (χ2n) is 5.35. The van der Waals surface area contributed by atoms with Crippen LogP contribution in [0.25, 0.3) is 0 Å². The summed E-state index contributed by atoms with van der Waals surface area (Å²) in [5.74, 6) is 1.04. The number of aromatic nitrogens is 2. The number of anilines is 1. The normalized spacial score (nSPS) is 29.1. The number of likely N-dealkylation sites (N-methyl/N-ethyl adjacent to an activating group) is 1. The van der Waals surface area contributed by atoms with E-state index in [-0.39, 0.29) is 0 Å². The van der Waals surface area contributed by atoms with E-state index in [1.165, 1.54) is 25.7 Å². The average molecular weight is 358 g/mol. The Morgan fingerprint density at radius 2 is 2.00 bits per heavy atom. The maximum Gasteiger partial charge on any atom is 0.151 e. The van der Waals surface area contributed by atoms with E-state index >= 15 is 0 Å². The Bertz CT molecular complexity index is 408. The summed E-state index contributed by atoms with van der Waals surface area (Å²) in [5, 5.41) is 8.50. The van der Waals surface area contributed by atoms with Gasteiger partial charge in [-0.05, 0) is 61.0 Å². The zero-order valence-corrected chi connectivity index (χ0v) is 12.9. The topological polar surface area (TPSA) is 32.3 Å². The van der Waals surface area contributed by atoms with Gasteiger partial charge in [0.1, 0.15) is 3.70 Å². The summed E-state index contributed by atoms with van der Waals surface area (Å²) in [5.41, 5.74) is 0. The van der Waals surface area contributed by atoms with Crippen LogP contribution in [-0.2, 0) is 0 Å². The van der Waals surface area contributed by atoms with Gasteiger partial charge >= 0.3 is 0 Å². The van der Waals surface area contributed by atoms with E-state index in [0.717, 1.165) is 28.6 Å². The second-order valence-corrected chi connectivity index (χ2v) is 6.46. The van der Waals surface area contributed by atoms with Crippen molar-refractivity contribution >= 4 is 28.4 Å². The molecule has 0 amide bonds. The molecule has 3 rings (SSSR count). The van der Waals surface area contributed by atoms with Crippen molar-refractivity contribution < 1.29 is 0 Å². The van der Waals surface area contributed by atoms with E-state index in [9.17, 15) is 0 Å². The Kier molecular flexibility index (Phi) is 3.70. The van der Waals surface area contributed by atoms with E-state index in [1.54, 1.807) is 0 Å². The molecule has 2 unspecified atom stereocenters. The third kappa shape index (κ3) is 2.47. The van der Waals surface area contributed by atoms with Crippen LogP contribution in [0.15, 0.2) is 12.1 Å². The molecule has 0 aromatic carbocycles. The van der Waals surface area contributed by atoms with Gasteiger partial charge in [-0.1, -0.05) is 6.42 Å². The van der Waals surface area contributed by atoms with Crippen molar-refractivity contribution in [1.29, 1.82) is 0 Å².